The molecule has 10 N–H and O–H groups in total. The van der Waals surface area contributed by atoms with E-state index in [9.17, 15) is 63.0 Å². The number of ether oxygens (including phenoxy) is 1. The first kappa shape index (κ1) is 61.1. The number of aliphatic carboxylic acids is 3. The van der Waals surface area contributed by atoms with Crippen LogP contribution in [-0.4, -0.2) is 123 Å². The summed E-state index contributed by atoms with van der Waals surface area (Å²) >= 11 is 0. The average molecular weight is 1040 g/mol. The number of aryl methyl sites for hydroxylation is 1. The van der Waals surface area contributed by atoms with E-state index >= 15 is 0 Å². The largest absolute Gasteiger partial charge is 0.481 e. The molecular formula is C53H69N7O15. The lowest BCUT2D eigenvalue weighted by Crippen LogP contribution is -2.62. The van der Waals surface area contributed by atoms with Crippen molar-refractivity contribution in [3.8, 4) is 0 Å². The van der Waals surface area contributed by atoms with Gasteiger partial charge in [0.2, 0.25) is 35.4 Å². The number of carboxylic acids is 3. The minimum atomic E-state index is -1.83. The summed E-state index contributed by atoms with van der Waals surface area (Å²) in [5.74, 6) is -10.9. The molecule has 7 amide bonds. The van der Waals surface area contributed by atoms with E-state index in [1.165, 1.54) is 0 Å². The fraction of sp³-hybridized carbons (Fsp3) is 0.453. The predicted octanol–water partition coefficient (Wildman–Crippen LogP) is 1.84. The highest BCUT2D eigenvalue weighted by atomic mass is 16.5. The van der Waals surface area contributed by atoms with Crippen molar-refractivity contribution in [2.45, 2.75) is 142 Å². The van der Waals surface area contributed by atoms with Crippen LogP contribution in [0.4, 0.5) is 0 Å². The summed E-state index contributed by atoms with van der Waals surface area (Å²) in [6.07, 6.45) is -5.15. The lowest BCUT2D eigenvalue weighted by Gasteiger charge is -2.34. The Kier molecular flexibility index (Phi) is 24.6. The van der Waals surface area contributed by atoms with E-state index in [0.717, 1.165) is 5.56 Å². The number of benzene rings is 3. The molecule has 0 aliphatic rings. The molecule has 3 aromatic carbocycles. The summed E-state index contributed by atoms with van der Waals surface area (Å²) in [6.45, 7) is 10.5. The van der Waals surface area contributed by atoms with Crippen LogP contribution in [0, 0.1) is 18.3 Å². The van der Waals surface area contributed by atoms with Gasteiger partial charge in [0.15, 0.2) is 6.10 Å². The molecule has 1 unspecified atom stereocenters. The molecule has 0 aliphatic carbocycles. The maximum Gasteiger partial charge on any atom is 0.305 e. The van der Waals surface area contributed by atoms with Gasteiger partial charge in [-0.2, -0.15) is 0 Å². The van der Waals surface area contributed by atoms with Gasteiger partial charge in [-0.1, -0.05) is 120 Å². The first-order valence-corrected chi connectivity index (χ1v) is 24.3. The third-order valence-electron chi connectivity index (χ3n) is 11.7. The van der Waals surface area contributed by atoms with E-state index in [2.05, 4.69) is 37.2 Å². The van der Waals surface area contributed by atoms with E-state index < -0.39 is 139 Å². The smallest absolute Gasteiger partial charge is 0.305 e. The first-order valence-electron chi connectivity index (χ1n) is 24.3. The lowest BCUT2D eigenvalue weighted by atomic mass is 9.85. The first-order chi connectivity index (χ1) is 35.4. The monoisotopic (exact) mass is 1040 g/mol. The van der Waals surface area contributed by atoms with Gasteiger partial charge < -0.3 is 57.3 Å². The predicted molar refractivity (Wildman–Crippen MR) is 271 cm³/mol. The molecular weight excluding hydrogens is 975 g/mol. The van der Waals surface area contributed by atoms with E-state index in [1.54, 1.807) is 107 Å². The molecule has 406 valence electrons. The van der Waals surface area contributed by atoms with Gasteiger partial charge in [0, 0.05) is 25.8 Å². The van der Waals surface area contributed by atoms with Crippen LogP contribution >= 0.6 is 0 Å². The zero-order valence-corrected chi connectivity index (χ0v) is 42.9. The summed E-state index contributed by atoms with van der Waals surface area (Å²) in [5.41, 5.74) is 1.62. The standard InChI is InChI=1S/C53H69N7O15/c1-31(2)25-38(48(70)57-37(26-33-16-9-7-10-17-33)45(75-30-61)51(73)54-29-34-18-11-8-12-19-34)59-52(74)46(53(4,5)6)60-50(72)39(27-35-20-14-13-15-32(35)3)58-47(69)36(21-23-42(63)64)56-49(71)40(28-44(67)68)55-41(62)22-24-43(65)66/h7-20,30-31,36-40,45-46H,21-29H2,1-6H3,(H,54,73)(H,55,62)(H,56,71)(H,57,70)(H,58,69)(H,59,74)(H,60,72)(H,63,64)(H,65,66)(H,67,68)/t36-,37-,38-,39-,40-,45?,46+/m0/s1. The second-order valence-corrected chi connectivity index (χ2v) is 19.5. The Morgan fingerprint density at radius 3 is 1.65 bits per heavy atom. The summed E-state index contributed by atoms with van der Waals surface area (Å²) in [7, 11) is 0. The third-order valence-corrected chi connectivity index (χ3v) is 11.7. The zero-order chi connectivity index (χ0) is 55.8. The number of amides is 7. The fourth-order valence-electron chi connectivity index (χ4n) is 7.77. The van der Waals surface area contributed by atoms with Crippen molar-refractivity contribution in [3.05, 3.63) is 107 Å². The molecule has 0 bridgehead atoms. The van der Waals surface area contributed by atoms with Crippen LogP contribution < -0.4 is 37.2 Å². The molecule has 0 saturated heterocycles. The molecule has 3 rings (SSSR count). The van der Waals surface area contributed by atoms with Crippen molar-refractivity contribution in [2.75, 3.05) is 0 Å². The Balaban J connectivity index is 1.97. The van der Waals surface area contributed by atoms with Crippen LogP contribution in [0.5, 0.6) is 0 Å². The van der Waals surface area contributed by atoms with E-state index in [1.807, 2.05) is 19.9 Å². The Bertz CT molecular complexity index is 2460. The van der Waals surface area contributed by atoms with Crippen LogP contribution in [0.2, 0.25) is 0 Å². The molecule has 7 atom stereocenters. The van der Waals surface area contributed by atoms with Crippen molar-refractivity contribution in [1.29, 1.82) is 0 Å². The van der Waals surface area contributed by atoms with E-state index in [0.29, 0.717) is 16.7 Å². The van der Waals surface area contributed by atoms with E-state index in [4.69, 9.17) is 9.84 Å². The summed E-state index contributed by atoms with van der Waals surface area (Å²) in [4.78, 5) is 144. The Morgan fingerprint density at radius 2 is 1.09 bits per heavy atom. The van der Waals surface area contributed by atoms with Gasteiger partial charge in [0.25, 0.3) is 12.4 Å². The lowest BCUT2D eigenvalue weighted by molar-refractivity contribution is -0.148. The average Bonchev–Trinajstić information content (AvgIpc) is 3.34. The summed E-state index contributed by atoms with van der Waals surface area (Å²) in [5, 5.41) is 46.0. The van der Waals surface area contributed by atoms with Crippen molar-refractivity contribution >= 4 is 65.7 Å². The number of carboxylic acid groups (broad SMARTS) is 3. The molecule has 0 radical (unpaired) electrons. The number of carbonyl (C=O) groups excluding carboxylic acids is 8. The van der Waals surface area contributed by atoms with Gasteiger partial charge in [-0.25, -0.2) is 0 Å². The molecule has 75 heavy (non-hydrogen) atoms. The van der Waals surface area contributed by atoms with Crippen LogP contribution in [0.3, 0.4) is 0 Å². The Hall–Kier alpha value is -8.17. The van der Waals surface area contributed by atoms with Gasteiger partial charge in [-0.3, -0.25) is 52.7 Å². The molecule has 22 heteroatoms. The van der Waals surface area contributed by atoms with Crippen LogP contribution in [0.15, 0.2) is 84.9 Å². The van der Waals surface area contributed by atoms with Crippen LogP contribution in [-0.2, 0) is 76.9 Å². The topological polar surface area (TPSA) is 342 Å². The highest BCUT2D eigenvalue weighted by molar-refractivity contribution is 5.98. The SMILES string of the molecule is Cc1ccccc1C[C@H](NC(=O)[C@H](CCC(=O)O)NC(=O)[C@H](CC(=O)O)NC(=O)CCC(=O)O)C(=O)N[C@H](C(=O)N[C@@H](CC(C)C)C(=O)N[C@@H](Cc1ccccc1)C(OC=O)C(=O)NCc1ccccc1)C(C)(C)C. The fourth-order valence-corrected chi connectivity index (χ4v) is 7.77. The van der Waals surface area contributed by atoms with Crippen LogP contribution in [0.25, 0.3) is 0 Å². The third kappa shape index (κ3) is 21.8. The maximum atomic E-state index is 14.6. The number of nitrogens with one attached hydrogen (secondary N) is 7. The van der Waals surface area contributed by atoms with Crippen molar-refractivity contribution < 1.29 is 72.8 Å². The van der Waals surface area contributed by atoms with E-state index in [-0.39, 0.29) is 38.2 Å². The molecule has 0 aliphatic heterocycles. The number of hydrogen-bond acceptors (Lipinski definition) is 12. The molecule has 0 spiro atoms. The zero-order valence-electron chi connectivity index (χ0n) is 42.9. The molecule has 0 fully saturated rings. The van der Waals surface area contributed by atoms with Crippen LogP contribution in [0.1, 0.15) is 95.4 Å². The molecule has 0 saturated carbocycles. The minimum absolute atomic E-state index is 0.0236. The quantitative estimate of drug-likeness (QED) is 0.0411. The molecule has 3 aromatic rings. The Morgan fingerprint density at radius 1 is 0.560 bits per heavy atom. The van der Waals surface area contributed by atoms with Gasteiger partial charge in [0.1, 0.15) is 30.2 Å². The number of rotatable bonds is 31. The number of hydrogen-bond donors (Lipinski definition) is 10. The minimum Gasteiger partial charge on any atom is -0.481 e. The highest BCUT2D eigenvalue weighted by Crippen LogP contribution is 2.22. The molecule has 0 aromatic heterocycles. The second-order valence-electron chi connectivity index (χ2n) is 19.5. The van der Waals surface area contributed by atoms with Gasteiger partial charge in [-0.15, -0.1) is 0 Å². The van der Waals surface area contributed by atoms with Crippen molar-refractivity contribution in [1.82, 2.24) is 37.2 Å². The molecule has 0 heterocycles. The normalized spacial score (nSPS) is 13.9. The number of carbonyl (C=O) groups is 11. The van der Waals surface area contributed by atoms with Crippen molar-refractivity contribution in [3.63, 3.8) is 0 Å². The second kappa shape index (κ2) is 30.1. The summed E-state index contributed by atoms with van der Waals surface area (Å²) < 4.78 is 5.33. The van der Waals surface area contributed by atoms with Gasteiger partial charge in [0.05, 0.1) is 18.9 Å². The highest BCUT2D eigenvalue weighted by Gasteiger charge is 2.39. The van der Waals surface area contributed by atoms with Crippen molar-refractivity contribution in [2.24, 2.45) is 11.3 Å². The Labute approximate surface area is 434 Å². The van der Waals surface area contributed by atoms with Gasteiger partial charge in [-0.05, 0) is 59.8 Å². The van der Waals surface area contributed by atoms with Gasteiger partial charge >= 0.3 is 17.9 Å². The maximum absolute atomic E-state index is 14.6. The summed E-state index contributed by atoms with van der Waals surface area (Å²) in [6, 6.07) is 15.7. The molecule has 22 nitrogen and oxygen atoms in total.